The fraction of sp³-hybridized carbons (Fsp3) is 0.812. The van der Waals surface area contributed by atoms with Gasteiger partial charge in [-0.25, -0.2) is 4.98 Å². The molecule has 0 aliphatic heterocycles. The first-order valence-electron chi connectivity index (χ1n) is 8.01. The van der Waals surface area contributed by atoms with Crippen molar-refractivity contribution in [2.45, 2.75) is 63.6 Å². The molecule has 1 saturated carbocycles. The molecule has 1 N–H and O–H groups in total. The molecule has 4 heteroatoms. The zero-order valence-electron chi connectivity index (χ0n) is 13.5. The standard InChI is InChI=1S/C16H30N4/c1-5-12-20-13-11-18-15(20)14(17-2)16(19(3)4)9-7-6-8-10-16/h11,13-14,17H,5-10,12H2,1-4H3. The Hall–Kier alpha value is -0.870. The lowest BCUT2D eigenvalue weighted by molar-refractivity contribution is 0.0547. The Bertz CT molecular complexity index is 404. The maximum atomic E-state index is 4.68. The summed E-state index contributed by atoms with van der Waals surface area (Å²) >= 11 is 0. The van der Waals surface area contributed by atoms with Crippen molar-refractivity contribution in [1.82, 2.24) is 19.8 Å². The van der Waals surface area contributed by atoms with E-state index >= 15 is 0 Å². The minimum absolute atomic E-state index is 0.198. The Labute approximate surface area is 123 Å². The van der Waals surface area contributed by atoms with E-state index in [-0.39, 0.29) is 5.54 Å². The Morgan fingerprint density at radius 3 is 2.60 bits per heavy atom. The van der Waals surface area contributed by atoms with Gasteiger partial charge in [-0.2, -0.15) is 0 Å². The summed E-state index contributed by atoms with van der Waals surface area (Å²) in [4.78, 5) is 7.11. The maximum Gasteiger partial charge on any atom is 0.127 e. The minimum Gasteiger partial charge on any atom is -0.334 e. The molecule has 1 heterocycles. The van der Waals surface area contributed by atoms with Crippen molar-refractivity contribution in [3.63, 3.8) is 0 Å². The van der Waals surface area contributed by atoms with Gasteiger partial charge in [0.25, 0.3) is 0 Å². The first-order chi connectivity index (χ1) is 9.65. The fourth-order valence-electron chi connectivity index (χ4n) is 3.81. The third kappa shape index (κ3) is 2.77. The molecule has 0 saturated heterocycles. The highest BCUT2D eigenvalue weighted by atomic mass is 15.2. The monoisotopic (exact) mass is 278 g/mol. The lowest BCUT2D eigenvalue weighted by Crippen LogP contribution is -2.55. The number of hydrogen-bond donors (Lipinski definition) is 1. The summed E-state index contributed by atoms with van der Waals surface area (Å²) < 4.78 is 2.32. The highest BCUT2D eigenvalue weighted by Crippen LogP contribution is 2.41. The number of nitrogens with zero attached hydrogens (tertiary/aromatic N) is 3. The lowest BCUT2D eigenvalue weighted by atomic mass is 9.75. The molecule has 2 rings (SSSR count). The molecule has 1 unspecified atom stereocenters. The first-order valence-corrected chi connectivity index (χ1v) is 8.01. The molecule has 0 aromatic carbocycles. The largest absolute Gasteiger partial charge is 0.334 e. The summed E-state index contributed by atoms with van der Waals surface area (Å²) in [5.41, 5.74) is 0.198. The van der Waals surface area contributed by atoms with Crippen LogP contribution in [0, 0.1) is 0 Å². The summed E-state index contributed by atoms with van der Waals surface area (Å²) in [6.07, 6.45) is 11.7. The van der Waals surface area contributed by atoms with Crippen LogP contribution >= 0.6 is 0 Å². The van der Waals surface area contributed by atoms with E-state index in [2.05, 4.69) is 54.0 Å². The summed E-state index contributed by atoms with van der Waals surface area (Å²) in [6, 6.07) is 0.305. The van der Waals surface area contributed by atoms with Crippen molar-refractivity contribution in [2.75, 3.05) is 21.1 Å². The van der Waals surface area contributed by atoms with Gasteiger partial charge in [0.15, 0.2) is 0 Å². The van der Waals surface area contributed by atoms with E-state index in [1.807, 2.05) is 6.20 Å². The number of aromatic nitrogens is 2. The van der Waals surface area contributed by atoms with Gasteiger partial charge in [0.2, 0.25) is 0 Å². The number of hydrogen-bond acceptors (Lipinski definition) is 3. The Balaban J connectivity index is 2.35. The summed E-state index contributed by atoms with van der Waals surface area (Å²) in [7, 11) is 6.53. The lowest BCUT2D eigenvalue weighted by Gasteiger charge is -2.48. The van der Waals surface area contributed by atoms with Gasteiger partial charge in [-0.3, -0.25) is 0 Å². The molecule has 1 fully saturated rings. The van der Waals surface area contributed by atoms with Crippen LogP contribution in [0.4, 0.5) is 0 Å². The molecule has 1 aromatic heterocycles. The second-order valence-corrected chi connectivity index (χ2v) is 6.26. The molecule has 1 aromatic rings. The normalized spacial score (nSPS) is 20.2. The topological polar surface area (TPSA) is 33.1 Å². The van der Waals surface area contributed by atoms with Crippen molar-refractivity contribution >= 4 is 0 Å². The quantitative estimate of drug-likeness (QED) is 0.868. The van der Waals surface area contributed by atoms with Crippen molar-refractivity contribution in [1.29, 1.82) is 0 Å². The Morgan fingerprint density at radius 2 is 2.05 bits per heavy atom. The molecule has 1 aliphatic rings. The molecule has 1 aliphatic carbocycles. The molecule has 4 nitrogen and oxygen atoms in total. The third-order valence-electron chi connectivity index (χ3n) is 4.91. The second kappa shape index (κ2) is 6.72. The SMILES string of the molecule is CCCn1ccnc1C(NC)C1(N(C)C)CCCCC1. The first kappa shape index (κ1) is 15.5. The van der Waals surface area contributed by atoms with E-state index in [0.29, 0.717) is 6.04 Å². The van der Waals surface area contributed by atoms with Gasteiger partial charge in [-0.15, -0.1) is 0 Å². The zero-order valence-corrected chi connectivity index (χ0v) is 13.5. The number of rotatable bonds is 6. The van der Waals surface area contributed by atoms with Crippen LogP contribution in [0.3, 0.4) is 0 Å². The van der Waals surface area contributed by atoms with Gasteiger partial charge in [-0.05, 0) is 40.4 Å². The van der Waals surface area contributed by atoms with E-state index in [9.17, 15) is 0 Å². The predicted molar refractivity (Wildman–Crippen MR) is 83.8 cm³/mol. The van der Waals surface area contributed by atoms with Gasteiger partial charge in [0, 0.05) is 24.5 Å². The van der Waals surface area contributed by atoms with E-state index < -0.39 is 0 Å². The number of likely N-dealkylation sites (N-methyl/N-ethyl adjacent to an activating group) is 2. The Kier molecular flexibility index (Phi) is 5.22. The van der Waals surface area contributed by atoms with Gasteiger partial charge in [0.1, 0.15) is 5.82 Å². The molecule has 0 bridgehead atoms. The summed E-state index contributed by atoms with van der Waals surface area (Å²) in [6.45, 7) is 3.28. The fourth-order valence-corrected chi connectivity index (χ4v) is 3.81. The molecular weight excluding hydrogens is 248 g/mol. The van der Waals surface area contributed by atoms with Gasteiger partial charge >= 0.3 is 0 Å². The third-order valence-corrected chi connectivity index (χ3v) is 4.91. The van der Waals surface area contributed by atoms with Gasteiger partial charge in [0.05, 0.1) is 6.04 Å². The summed E-state index contributed by atoms with van der Waals surface area (Å²) in [5.74, 6) is 1.20. The van der Waals surface area contributed by atoms with Gasteiger partial charge < -0.3 is 14.8 Å². The van der Waals surface area contributed by atoms with E-state index in [1.165, 1.54) is 37.9 Å². The molecule has 114 valence electrons. The van der Waals surface area contributed by atoms with E-state index in [4.69, 9.17) is 0 Å². The van der Waals surface area contributed by atoms with Crippen LogP contribution < -0.4 is 5.32 Å². The average molecular weight is 278 g/mol. The second-order valence-electron chi connectivity index (χ2n) is 6.26. The van der Waals surface area contributed by atoms with Crippen LogP contribution in [-0.2, 0) is 6.54 Å². The van der Waals surface area contributed by atoms with Crippen molar-refractivity contribution in [3.05, 3.63) is 18.2 Å². The molecule has 20 heavy (non-hydrogen) atoms. The van der Waals surface area contributed by atoms with E-state index in [0.717, 1.165) is 13.0 Å². The number of aryl methyl sites for hydroxylation is 1. The Morgan fingerprint density at radius 1 is 1.35 bits per heavy atom. The van der Waals surface area contributed by atoms with Crippen LogP contribution in [0.15, 0.2) is 12.4 Å². The molecular formula is C16H30N4. The van der Waals surface area contributed by atoms with Crippen LogP contribution in [0.5, 0.6) is 0 Å². The number of nitrogens with one attached hydrogen (secondary N) is 1. The van der Waals surface area contributed by atoms with Crippen LogP contribution in [-0.4, -0.2) is 41.1 Å². The maximum absolute atomic E-state index is 4.68. The molecule has 0 spiro atoms. The molecule has 1 atom stereocenters. The molecule has 0 amide bonds. The van der Waals surface area contributed by atoms with Crippen molar-refractivity contribution in [3.8, 4) is 0 Å². The smallest absolute Gasteiger partial charge is 0.127 e. The van der Waals surface area contributed by atoms with Gasteiger partial charge in [-0.1, -0.05) is 26.2 Å². The summed E-state index contributed by atoms with van der Waals surface area (Å²) in [5, 5.41) is 3.57. The van der Waals surface area contributed by atoms with Crippen molar-refractivity contribution < 1.29 is 0 Å². The van der Waals surface area contributed by atoms with Crippen molar-refractivity contribution in [2.24, 2.45) is 0 Å². The average Bonchev–Trinajstić information content (AvgIpc) is 2.89. The highest BCUT2D eigenvalue weighted by Gasteiger charge is 2.43. The predicted octanol–water partition coefficient (Wildman–Crippen LogP) is 2.82. The van der Waals surface area contributed by atoms with E-state index in [1.54, 1.807) is 0 Å². The molecule has 0 radical (unpaired) electrons. The highest BCUT2D eigenvalue weighted by molar-refractivity contribution is 5.11. The van der Waals surface area contributed by atoms with Crippen LogP contribution in [0.25, 0.3) is 0 Å². The van der Waals surface area contributed by atoms with Crippen LogP contribution in [0.2, 0.25) is 0 Å². The number of imidazole rings is 1. The minimum atomic E-state index is 0.198. The zero-order chi connectivity index (χ0) is 14.6. The van der Waals surface area contributed by atoms with Crippen LogP contribution in [0.1, 0.15) is 57.3 Å².